The molecular weight excluding hydrogens is 340 g/mol. The summed E-state index contributed by atoms with van der Waals surface area (Å²) in [4.78, 5) is 13.8. The second-order valence-electron chi connectivity index (χ2n) is 5.33. The number of methoxy groups -OCH3 is 1. The van der Waals surface area contributed by atoms with Crippen molar-refractivity contribution in [3.63, 3.8) is 0 Å². The van der Waals surface area contributed by atoms with E-state index in [9.17, 15) is 4.79 Å². The SMILES string of the molecule is COc1ccc(-c2nnc(S[C@@H](C)C(=O)N(C)CCC#N)n2N)cc1. The van der Waals surface area contributed by atoms with Crippen LogP contribution in [0.3, 0.4) is 0 Å². The molecule has 0 bridgehead atoms. The summed E-state index contributed by atoms with van der Waals surface area (Å²) in [6, 6.07) is 9.33. The molecule has 132 valence electrons. The van der Waals surface area contributed by atoms with Crippen LogP contribution in [0.5, 0.6) is 5.75 Å². The highest BCUT2D eigenvalue weighted by Crippen LogP contribution is 2.26. The first-order valence-corrected chi connectivity index (χ1v) is 8.49. The van der Waals surface area contributed by atoms with Gasteiger partial charge < -0.3 is 15.5 Å². The number of hydrogen-bond donors (Lipinski definition) is 1. The van der Waals surface area contributed by atoms with Crippen LogP contribution in [0, 0.1) is 11.3 Å². The molecule has 1 atom stereocenters. The average molecular weight is 360 g/mol. The molecule has 2 rings (SSSR count). The van der Waals surface area contributed by atoms with E-state index in [-0.39, 0.29) is 11.2 Å². The molecule has 25 heavy (non-hydrogen) atoms. The molecule has 0 radical (unpaired) electrons. The zero-order valence-electron chi connectivity index (χ0n) is 14.3. The van der Waals surface area contributed by atoms with Crippen molar-refractivity contribution in [1.82, 2.24) is 19.8 Å². The van der Waals surface area contributed by atoms with E-state index in [4.69, 9.17) is 15.8 Å². The second kappa shape index (κ2) is 8.39. The highest BCUT2D eigenvalue weighted by molar-refractivity contribution is 8.00. The number of hydrogen-bond acceptors (Lipinski definition) is 7. The van der Waals surface area contributed by atoms with Crippen LogP contribution in [-0.4, -0.2) is 51.6 Å². The van der Waals surface area contributed by atoms with Crippen molar-refractivity contribution in [2.24, 2.45) is 0 Å². The quantitative estimate of drug-likeness (QED) is 0.589. The molecule has 2 N–H and O–H groups in total. The van der Waals surface area contributed by atoms with Gasteiger partial charge in [-0.15, -0.1) is 10.2 Å². The summed E-state index contributed by atoms with van der Waals surface area (Å²) >= 11 is 1.23. The minimum atomic E-state index is -0.390. The number of nitrogen functional groups attached to an aromatic ring is 1. The first kappa shape index (κ1) is 18.6. The van der Waals surface area contributed by atoms with Gasteiger partial charge in [0, 0.05) is 19.2 Å². The number of amides is 1. The lowest BCUT2D eigenvalue weighted by molar-refractivity contribution is -0.128. The van der Waals surface area contributed by atoms with Crippen LogP contribution in [-0.2, 0) is 4.79 Å². The fraction of sp³-hybridized carbons (Fsp3) is 0.375. The lowest BCUT2D eigenvalue weighted by Crippen LogP contribution is -2.34. The van der Waals surface area contributed by atoms with Crippen molar-refractivity contribution >= 4 is 17.7 Å². The highest BCUT2D eigenvalue weighted by atomic mass is 32.2. The molecule has 8 nitrogen and oxygen atoms in total. The van der Waals surface area contributed by atoms with E-state index in [0.29, 0.717) is 23.9 Å². The van der Waals surface area contributed by atoms with E-state index < -0.39 is 0 Å². The van der Waals surface area contributed by atoms with Crippen LogP contribution in [0.4, 0.5) is 0 Å². The van der Waals surface area contributed by atoms with E-state index in [1.54, 1.807) is 21.1 Å². The molecule has 0 aliphatic carbocycles. The summed E-state index contributed by atoms with van der Waals surface area (Å²) in [6.07, 6.45) is 0.300. The molecule has 1 aromatic carbocycles. The summed E-state index contributed by atoms with van der Waals surface area (Å²) in [5, 5.41) is 16.8. The van der Waals surface area contributed by atoms with Gasteiger partial charge in [-0.05, 0) is 31.2 Å². The largest absolute Gasteiger partial charge is 0.497 e. The Morgan fingerprint density at radius 3 is 2.72 bits per heavy atom. The topological polar surface area (TPSA) is 110 Å². The van der Waals surface area contributed by atoms with Crippen LogP contribution in [0.15, 0.2) is 29.4 Å². The monoisotopic (exact) mass is 360 g/mol. The molecule has 1 amide bonds. The number of nitriles is 1. The molecule has 0 spiro atoms. The summed E-state index contributed by atoms with van der Waals surface area (Å²) in [7, 11) is 3.27. The molecule has 0 aliphatic rings. The van der Waals surface area contributed by atoms with Crippen LogP contribution in [0.2, 0.25) is 0 Å². The molecule has 9 heteroatoms. The van der Waals surface area contributed by atoms with Crippen LogP contribution < -0.4 is 10.6 Å². The number of benzene rings is 1. The fourth-order valence-corrected chi connectivity index (χ4v) is 3.03. The molecule has 1 heterocycles. The third-order valence-electron chi connectivity index (χ3n) is 3.58. The molecule has 0 aliphatic heterocycles. The average Bonchev–Trinajstić information content (AvgIpc) is 2.99. The van der Waals surface area contributed by atoms with Gasteiger partial charge in [-0.25, -0.2) is 4.68 Å². The number of thioether (sulfide) groups is 1. The number of carbonyl (C=O) groups is 1. The Hall–Kier alpha value is -2.73. The molecule has 0 saturated heterocycles. The maximum Gasteiger partial charge on any atom is 0.235 e. The summed E-state index contributed by atoms with van der Waals surface area (Å²) in [5.41, 5.74) is 0.799. The van der Waals surface area contributed by atoms with E-state index in [2.05, 4.69) is 10.2 Å². The number of rotatable bonds is 7. The molecule has 0 saturated carbocycles. The Bertz CT molecular complexity index is 768. The van der Waals surface area contributed by atoms with Crippen molar-refractivity contribution in [2.45, 2.75) is 23.8 Å². The lowest BCUT2D eigenvalue weighted by atomic mass is 10.2. The van der Waals surface area contributed by atoms with Crippen molar-refractivity contribution < 1.29 is 9.53 Å². The van der Waals surface area contributed by atoms with E-state index in [1.165, 1.54) is 21.3 Å². The fourth-order valence-electron chi connectivity index (χ4n) is 2.14. The Morgan fingerprint density at radius 1 is 1.44 bits per heavy atom. The minimum absolute atomic E-state index is 0.0887. The molecule has 0 fully saturated rings. The number of nitrogens with two attached hydrogens (primary N) is 1. The normalized spacial score (nSPS) is 11.6. The Labute approximate surface area is 150 Å². The van der Waals surface area contributed by atoms with Crippen LogP contribution in [0.1, 0.15) is 13.3 Å². The Morgan fingerprint density at radius 2 is 2.12 bits per heavy atom. The van der Waals surface area contributed by atoms with Crippen molar-refractivity contribution in [3.05, 3.63) is 24.3 Å². The van der Waals surface area contributed by atoms with Gasteiger partial charge in [0.05, 0.1) is 24.8 Å². The minimum Gasteiger partial charge on any atom is -0.497 e. The van der Waals surface area contributed by atoms with E-state index >= 15 is 0 Å². The van der Waals surface area contributed by atoms with E-state index in [0.717, 1.165) is 11.3 Å². The van der Waals surface area contributed by atoms with Gasteiger partial charge in [0.2, 0.25) is 11.1 Å². The highest BCUT2D eigenvalue weighted by Gasteiger charge is 2.22. The zero-order chi connectivity index (χ0) is 18.4. The van der Waals surface area contributed by atoms with Crippen LogP contribution in [0.25, 0.3) is 11.4 Å². The van der Waals surface area contributed by atoms with Gasteiger partial charge in [-0.3, -0.25) is 4.79 Å². The Kier molecular flexibility index (Phi) is 6.25. The predicted molar refractivity (Wildman–Crippen MR) is 95.3 cm³/mol. The van der Waals surface area contributed by atoms with Gasteiger partial charge in [0.1, 0.15) is 5.75 Å². The molecular formula is C16H20N6O2S. The molecule has 0 unspecified atom stereocenters. The standard InChI is InChI=1S/C16H20N6O2S/c1-11(15(23)21(2)10-4-9-17)25-16-20-19-14(22(16)18)12-5-7-13(24-3)8-6-12/h5-8,11H,4,10,18H2,1-3H3/t11-/m0/s1. The second-order valence-corrected chi connectivity index (χ2v) is 6.64. The van der Waals surface area contributed by atoms with E-state index in [1.807, 2.05) is 30.3 Å². The number of carbonyl (C=O) groups excluding carboxylic acids is 1. The van der Waals surface area contributed by atoms with Gasteiger partial charge in [0.15, 0.2) is 5.82 Å². The van der Waals surface area contributed by atoms with Crippen molar-refractivity contribution in [3.8, 4) is 23.2 Å². The third-order valence-corrected chi connectivity index (χ3v) is 4.62. The summed E-state index contributed by atoms with van der Waals surface area (Å²) in [6.45, 7) is 2.17. The van der Waals surface area contributed by atoms with Gasteiger partial charge in [-0.1, -0.05) is 11.8 Å². The third kappa shape index (κ3) is 4.42. The summed E-state index contributed by atoms with van der Waals surface area (Å²) < 4.78 is 6.50. The lowest BCUT2D eigenvalue weighted by Gasteiger charge is -2.19. The molecule has 2 aromatic rings. The van der Waals surface area contributed by atoms with Crippen molar-refractivity contribution in [2.75, 3.05) is 26.5 Å². The zero-order valence-corrected chi connectivity index (χ0v) is 15.2. The summed E-state index contributed by atoms with van der Waals surface area (Å²) in [5.74, 6) is 7.23. The van der Waals surface area contributed by atoms with Gasteiger partial charge in [-0.2, -0.15) is 5.26 Å². The van der Waals surface area contributed by atoms with Crippen LogP contribution >= 0.6 is 11.8 Å². The number of ether oxygens (including phenoxy) is 1. The van der Waals surface area contributed by atoms with Gasteiger partial charge >= 0.3 is 0 Å². The number of nitrogens with zero attached hydrogens (tertiary/aromatic N) is 5. The smallest absolute Gasteiger partial charge is 0.235 e. The van der Waals surface area contributed by atoms with Gasteiger partial charge in [0.25, 0.3) is 0 Å². The number of aromatic nitrogens is 3. The predicted octanol–water partition coefficient (Wildman–Crippen LogP) is 1.52. The first-order chi connectivity index (χ1) is 12.0. The first-order valence-electron chi connectivity index (χ1n) is 7.61. The maximum atomic E-state index is 12.3. The Balaban J connectivity index is 2.10. The van der Waals surface area contributed by atoms with Crippen molar-refractivity contribution in [1.29, 1.82) is 5.26 Å². The molecule has 1 aromatic heterocycles. The maximum absolute atomic E-state index is 12.3.